The van der Waals surface area contributed by atoms with Crippen LogP contribution in [0, 0.1) is 13.8 Å². The van der Waals surface area contributed by atoms with E-state index in [4.69, 9.17) is 0 Å². The molecule has 1 atom stereocenters. The molecular formula is C24H24F3N11OS. The van der Waals surface area contributed by atoms with Crippen molar-refractivity contribution in [1.29, 1.82) is 0 Å². The van der Waals surface area contributed by atoms with Gasteiger partial charge in [0.05, 0.1) is 16.7 Å². The first-order valence-electron chi connectivity index (χ1n) is 12.4. The number of aryl methyl sites for hydroxylation is 2. The van der Waals surface area contributed by atoms with Crippen molar-refractivity contribution in [2.45, 2.75) is 39.5 Å². The molecule has 1 fully saturated rings. The SMILES string of the molecule is Cc1nc(C)n(CC(=O)N2CCN(c3sc(C(F)(F)F)nc3-c3nc4ccc(-n5cncn5)cc4[nH]3)CC2C)n1. The summed E-state index contributed by atoms with van der Waals surface area (Å²) in [7, 11) is 0. The quantitative estimate of drug-likeness (QED) is 0.341. The molecular weight excluding hydrogens is 547 g/mol. The van der Waals surface area contributed by atoms with Gasteiger partial charge in [0, 0.05) is 25.7 Å². The molecule has 1 aliphatic rings. The van der Waals surface area contributed by atoms with Crippen molar-refractivity contribution in [2.24, 2.45) is 0 Å². The zero-order valence-corrected chi connectivity index (χ0v) is 22.5. The standard InChI is InChI=1S/C24H24F3N11OS/c1-13-9-35(6-7-36(13)19(39)10-37-15(3)30-14(2)34-37)22-20(33-23(40-22)24(25,26)27)21-31-17-5-4-16(8-18(17)32-21)38-12-28-11-29-38/h4-5,8,11-13H,6-7,9-10H2,1-3H3,(H,31,32). The van der Waals surface area contributed by atoms with E-state index < -0.39 is 11.2 Å². The Hall–Kier alpha value is -4.34. The second-order valence-corrected chi connectivity index (χ2v) is 10.5. The van der Waals surface area contributed by atoms with Gasteiger partial charge in [-0.05, 0) is 39.0 Å². The Morgan fingerprint density at radius 1 is 1.18 bits per heavy atom. The largest absolute Gasteiger partial charge is 0.443 e. The van der Waals surface area contributed by atoms with E-state index in [0.717, 1.165) is 5.69 Å². The van der Waals surface area contributed by atoms with Gasteiger partial charge < -0.3 is 14.8 Å². The van der Waals surface area contributed by atoms with E-state index in [2.05, 4.69) is 35.1 Å². The Balaban J connectivity index is 1.28. The van der Waals surface area contributed by atoms with E-state index in [1.807, 2.05) is 11.8 Å². The van der Waals surface area contributed by atoms with Gasteiger partial charge in [0.25, 0.3) is 0 Å². The molecule has 1 unspecified atom stereocenters. The van der Waals surface area contributed by atoms with Crippen LogP contribution in [-0.4, -0.2) is 81.0 Å². The maximum atomic E-state index is 13.8. The van der Waals surface area contributed by atoms with Crippen LogP contribution in [0.15, 0.2) is 30.9 Å². The van der Waals surface area contributed by atoms with Gasteiger partial charge in [0.1, 0.15) is 41.5 Å². The van der Waals surface area contributed by atoms with Crippen molar-refractivity contribution in [2.75, 3.05) is 24.5 Å². The molecule has 1 amide bonds. The lowest BCUT2D eigenvalue weighted by molar-refractivity contribution is -0.137. The van der Waals surface area contributed by atoms with Crippen LogP contribution >= 0.6 is 11.3 Å². The predicted molar refractivity (Wildman–Crippen MR) is 140 cm³/mol. The molecule has 16 heteroatoms. The van der Waals surface area contributed by atoms with Crippen LogP contribution in [-0.2, 0) is 17.5 Å². The number of thiazole rings is 1. The fraction of sp³-hybridized carbons (Fsp3) is 0.375. The van der Waals surface area contributed by atoms with Crippen molar-refractivity contribution >= 4 is 33.3 Å². The summed E-state index contributed by atoms with van der Waals surface area (Å²) in [5, 5.41) is 7.77. The zero-order chi connectivity index (χ0) is 28.2. The Kier molecular flexibility index (Phi) is 6.28. The van der Waals surface area contributed by atoms with Gasteiger partial charge in [-0.25, -0.2) is 29.3 Å². The first-order valence-corrected chi connectivity index (χ1v) is 13.2. The van der Waals surface area contributed by atoms with E-state index in [0.29, 0.717) is 58.7 Å². The lowest BCUT2D eigenvalue weighted by atomic mass is 10.2. The second-order valence-electron chi connectivity index (χ2n) is 9.54. The number of amides is 1. The van der Waals surface area contributed by atoms with Crippen molar-refractivity contribution in [3.8, 4) is 17.2 Å². The summed E-state index contributed by atoms with van der Waals surface area (Å²) in [6.07, 6.45) is -1.65. The number of aromatic nitrogens is 9. The number of fused-ring (bicyclic) bond motifs is 1. The van der Waals surface area contributed by atoms with Gasteiger partial charge in [-0.3, -0.25) is 4.79 Å². The van der Waals surface area contributed by atoms with Crippen LogP contribution in [0.1, 0.15) is 23.6 Å². The van der Waals surface area contributed by atoms with E-state index >= 15 is 0 Å². The summed E-state index contributed by atoms with van der Waals surface area (Å²) in [5.41, 5.74) is 2.05. The highest BCUT2D eigenvalue weighted by molar-refractivity contribution is 7.16. The number of hydrogen-bond donors (Lipinski definition) is 1. The van der Waals surface area contributed by atoms with E-state index in [1.165, 1.54) is 6.33 Å². The van der Waals surface area contributed by atoms with Gasteiger partial charge in [0.2, 0.25) is 10.9 Å². The van der Waals surface area contributed by atoms with Crippen LogP contribution in [0.3, 0.4) is 0 Å². The van der Waals surface area contributed by atoms with Crippen molar-refractivity contribution < 1.29 is 18.0 Å². The minimum atomic E-state index is -4.61. The summed E-state index contributed by atoms with van der Waals surface area (Å²) in [5.74, 6) is 1.34. The Morgan fingerprint density at radius 2 is 2.00 bits per heavy atom. The third-order valence-corrected chi connectivity index (χ3v) is 7.87. The number of piperazine rings is 1. The summed E-state index contributed by atoms with van der Waals surface area (Å²) in [6.45, 7) is 6.49. The van der Waals surface area contributed by atoms with Crippen molar-refractivity contribution in [1.82, 2.24) is 49.4 Å². The molecule has 1 N–H and O–H groups in total. The lowest BCUT2D eigenvalue weighted by Gasteiger charge is -2.40. The lowest BCUT2D eigenvalue weighted by Crippen LogP contribution is -2.54. The molecule has 0 aliphatic carbocycles. The van der Waals surface area contributed by atoms with Crippen LogP contribution in [0.5, 0.6) is 0 Å². The van der Waals surface area contributed by atoms with Crippen LogP contribution in [0.2, 0.25) is 0 Å². The summed E-state index contributed by atoms with van der Waals surface area (Å²) >= 11 is 0.579. The van der Waals surface area contributed by atoms with Crippen molar-refractivity contribution in [3.05, 3.63) is 47.5 Å². The molecule has 5 aromatic rings. The molecule has 5 heterocycles. The highest BCUT2D eigenvalue weighted by Gasteiger charge is 2.39. The van der Waals surface area contributed by atoms with Gasteiger partial charge >= 0.3 is 6.18 Å². The highest BCUT2D eigenvalue weighted by Crippen LogP contribution is 2.42. The molecule has 0 saturated carbocycles. The first kappa shape index (κ1) is 25.9. The fourth-order valence-corrected chi connectivity index (χ4v) is 5.81. The number of rotatable bonds is 5. The molecule has 1 aromatic carbocycles. The first-order chi connectivity index (χ1) is 19.1. The fourth-order valence-electron chi connectivity index (χ4n) is 4.84. The number of carbonyl (C=O) groups excluding carboxylic acids is 1. The Morgan fingerprint density at radius 3 is 2.67 bits per heavy atom. The third kappa shape index (κ3) is 4.78. The summed E-state index contributed by atoms with van der Waals surface area (Å²) in [6, 6.07) is 5.09. The smallest absolute Gasteiger partial charge is 0.358 e. The highest BCUT2D eigenvalue weighted by atomic mass is 32.1. The molecule has 12 nitrogen and oxygen atoms in total. The summed E-state index contributed by atoms with van der Waals surface area (Å²) in [4.78, 5) is 36.4. The second kappa shape index (κ2) is 9.69. The van der Waals surface area contributed by atoms with E-state index in [-0.39, 0.29) is 30.0 Å². The number of hydrogen-bond acceptors (Lipinski definition) is 9. The molecule has 4 aromatic heterocycles. The van der Waals surface area contributed by atoms with Crippen LogP contribution in [0.4, 0.5) is 18.2 Å². The average Bonchev–Trinajstić information content (AvgIpc) is 3.69. The van der Waals surface area contributed by atoms with Gasteiger partial charge in [-0.15, -0.1) is 0 Å². The molecule has 208 valence electrons. The minimum Gasteiger partial charge on any atom is -0.358 e. The monoisotopic (exact) mass is 571 g/mol. The van der Waals surface area contributed by atoms with E-state index in [9.17, 15) is 18.0 Å². The average molecular weight is 572 g/mol. The number of alkyl halides is 3. The molecule has 0 bridgehead atoms. The maximum absolute atomic E-state index is 13.8. The Labute approximate surface area is 229 Å². The summed E-state index contributed by atoms with van der Waals surface area (Å²) < 4.78 is 44.5. The molecule has 0 spiro atoms. The number of carbonyl (C=O) groups is 1. The molecule has 0 radical (unpaired) electrons. The zero-order valence-electron chi connectivity index (χ0n) is 21.7. The number of anilines is 1. The number of nitrogens with one attached hydrogen (secondary N) is 1. The number of imidazole rings is 1. The molecule has 40 heavy (non-hydrogen) atoms. The minimum absolute atomic E-state index is 0.0522. The predicted octanol–water partition coefficient (Wildman–Crippen LogP) is 3.23. The maximum Gasteiger partial charge on any atom is 0.443 e. The van der Waals surface area contributed by atoms with Crippen LogP contribution < -0.4 is 4.90 Å². The van der Waals surface area contributed by atoms with E-state index in [1.54, 1.807) is 52.6 Å². The molecule has 1 saturated heterocycles. The van der Waals surface area contributed by atoms with Crippen LogP contribution in [0.25, 0.3) is 28.2 Å². The number of nitrogens with zero attached hydrogens (tertiary/aromatic N) is 10. The number of benzene rings is 1. The van der Waals surface area contributed by atoms with Crippen molar-refractivity contribution in [3.63, 3.8) is 0 Å². The molecule has 1 aliphatic heterocycles. The van der Waals surface area contributed by atoms with Gasteiger partial charge in [-0.1, -0.05) is 11.3 Å². The molecule has 6 rings (SSSR count). The number of H-pyrrole nitrogens is 1. The van der Waals surface area contributed by atoms with Gasteiger partial charge in [0.15, 0.2) is 5.82 Å². The number of aromatic amines is 1. The Bertz CT molecular complexity index is 1690. The third-order valence-electron chi connectivity index (χ3n) is 6.71. The normalized spacial score (nSPS) is 16.3. The number of halogens is 3. The topological polar surface area (TPSA) is 127 Å². The van der Waals surface area contributed by atoms with Gasteiger partial charge in [-0.2, -0.15) is 23.4 Å².